The number of hydrogen-bond acceptors (Lipinski definition) is 4. The molecule has 0 aliphatic rings. The number of amides is 1. The number of nitriles is 1. The first-order chi connectivity index (χ1) is 9.65. The zero-order chi connectivity index (χ0) is 14.5. The number of hydrogen-bond donors (Lipinski definition) is 3. The van der Waals surface area contributed by atoms with Crippen molar-refractivity contribution in [2.45, 2.75) is 6.92 Å². The monoisotopic (exact) mass is 266 g/mol. The normalized spacial score (nSPS) is 9.65. The van der Waals surface area contributed by atoms with Gasteiger partial charge in [0.15, 0.2) is 0 Å². The van der Waals surface area contributed by atoms with Gasteiger partial charge in [-0.1, -0.05) is 12.1 Å². The molecule has 2 aromatic rings. The summed E-state index contributed by atoms with van der Waals surface area (Å²) in [6.45, 7) is 1.86. The summed E-state index contributed by atoms with van der Waals surface area (Å²) in [4.78, 5) is 12.2. The lowest BCUT2D eigenvalue weighted by Gasteiger charge is -2.09. The average Bonchev–Trinajstić information content (AvgIpc) is 2.47. The molecule has 5 heteroatoms. The fourth-order valence-electron chi connectivity index (χ4n) is 1.85. The minimum Gasteiger partial charge on any atom is -0.324 e. The molecule has 0 bridgehead atoms. The van der Waals surface area contributed by atoms with E-state index < -0.39 is 0 Å². The molecule has 5 nitrogen and oxygen atoms in total. The number of anilines is 2. The van der Waals surface area contributed by atoms with E-state index in [9.17, 15) is 4.79 Å². The summed E-state index contributed by atoms with van der Waals surface area (Å²) in [5.74, 6) is 5.09. The van der Waals surface area contributed by atoms with E-state index in [1.807, 2.05) is 13.0 Å². The maximum Gasteiger partial charge on any atom is 0.255 e. The molecule has 0 aliphatic heterocycles. The summed E-state index contributed by atoms with van der Waals surface area (Å²) in [5.41, 5.74) is 5.62. The van der Waals surface area contributed by atoms with E-state index in [-0.39, 0.29) is 5.91 Å². The number of carbonyl (C=O) groups excluding carboxylic acids is 1. The summed E-state index contributed by atoms with van der Waals surface area (Å²) in [7, 11) is 0. The fraction of sp³-hybridized carbons (Fsp3) is 0.0667. The number of nitrogens with one attached hydrogen (secondary N) is 2. The number of benzene rings is 2. The topological polar surface area (TPSA) is 90.9 Å². The molecule has 4 N–H and O–H groups in total. The molecular formula is C15H14N4O. The Bertz CT molecular complexity index is 689. The van der Waals surface area contributed by atoms with Crippen LogP contribution in [0.15, 0.2) is 42.5 Å². The third-order valence-electron chi connectivity index (χ3n) is 2.94. The molecule has 0 unspecified atom stereocenters. The van der Waals surface area contributed by atoms with E-state index in [0.29, 0.717) is 16.8 Å². The van der Waals surface area contributed by atoms with Crippen molar-refractivity contribution in [3.63, 3.8) is 0 Å². The number of aryl methyl sites for hydroxylation is 1. The van der Waals surface area contributed by atoms with Gasteiger partial charge < -0.3 is 10.7 Å². The minimum atomic E-state index is -0.264. The molecule has 0 aromatic heterocycles. The van der Waals surface area contributed by atoms with E-state index in [0.717, 1.165) is 11.3 Å². The summed E-state index contributed by atoms with van der Waals surface area (Å²) in [6, 6.07) is 14.1. The van der Waals surface area contributed by atoms with E-state index in [4.69, 9.17) is 11.1 Å². The van der Waals surface area contributed by atoms with Gasteiger partial charge in [0.25, 0.3) is 5.91 Å². The predicted octanol–water partition coefficient (Wildman–Crippen LogP) is 2.40. The molecule has 100 valence electrons. The van der Waals surface area contributed by atoms with Crippen LogP contribution in [0.1, 0.15) is 21.5 Å². The lowest BCUT2D eigenvalue weighted by Crippen LogP contribution is -2.14. The van der Waals surface area contributed by atoms with E-state index in [1.54, 1.807) is 42.5 Å². The third-order valence-corrected chi connectivity index (χ3v) is 2.94. The van der Waals surface area contributed by atoms with Crippen LogP contribution in [0.5, 0.6) is 0 Å². The van der Waals surface area contributed by atoms with E-state index in [2.05, 4.69) is 10.7 Å². The predicted molar refractivity (Wildman–Crippen MR) is 78.1 cm³/mol. The molecule has 0 saturated heterocycles. The Balaban J connectivity index is 2.25. The maximum atomic E-state index is 12.2. The Hall–Kier alpha value is -2.84. The van der Waals surface area contributed by atoms with Crippen LogP contribution >= 0.6 is 0 Å². The van der Waals surface area contributed by atoms with Crippen LogP contribution in [-0.2, 0) is 0 Å². The smallest absolute Gasteiger partial charge is 0.255 e. The Labute approximate surface area is 117 Å². The molecule has 1 amide bonds. The standard InChI is InChI=1S/C15H14N4O/c1-10-8-11(6-7-13(10)19-17)15(20)18-14-5-3-2-4-12(14)9-16/h2-8,19H,17H2,1H3,(H,18,20). The second kappa shape index (κ2) is 5.87. The highest BCUT2D eigenvalue weighted by Gasteiger charge is 2.10. The third kappa shape index (κ3) is 2.76. The molecule has 0 saturated carbocycles. The SMILES string of the molecule is Cc1cc(C(=O)Nc2ccccc2C#N)ccc1NN. The zero-order valence-electron chi connectivity index (χ0n) is 11.0. The molecule has 20 heavy (non-hydrogen) atoms. The van der Waals surface area contributed by atoms with Crippen molar-refractivity contribution >= 4 is 17.3 Å². The van der Waals surface area contributed by atoms with Crippen LogP contribution in [0, 0.1) is 18.3 Å². The van der Waals surface area contributed by atoms with Gasteiger partial charge in [-0.2, -0.15) is 5.26 Å². The highest BCUT2D eigenvalue weighted by Crippen LogP contribution is 2.18. The number of nitrogen functional groups attached to an aromatic ring is 1. The van der Waals surface area contributed by atoms with Gasteiger partial charge in [0.05, 0.1) is 16.9 Å². The van der Waals surface area contributed by atoms with Crippen LogP contribution in [0.25, 0.3) is 0 Å². The van der Waals surface area contributed by atoms with Gasteiger partial charge >= 0.3 is 0 Å². The zero-order valence-corrected chi connectivity index (χ0v) is 11.0. The molecule has 0 spiro atoms. The van der Waals surface area contributed by atoms with Crippen molar-refractivity contribution < 1.29 is 4.79 Å². The maximum absolute atomic E-state index is 12.2. The van der Waals surface area contributed by atoms with E-state index >= 15 is 0 Å². The largest absolute Gasteiger partial charge is 0.324 e. The summed E-state index contributed by atoms with van der Waals surface area (Å²) in [5, 5.41) is 11.7. The Morgan fingerprint density at radius 2 is 1.95 bits per heavy atom. The Morgan fingerprint density at radius 1 is 1.20 bits per heavy atom. The van der Waals surface area contributed by atoms with Crippen LogP contribution in [0.2, 0.25) is 0 Å². The van der Waals surface area contributed by atoms with Gasteiger partial charge in [-0.15, -0.1) is 0 Å². The highest BCUT2D eigenvalue weighted by atomic mass is 16.1. The Morgan fingerprint density at radius 3 is 2.60 bits per heavy atom. The van der Waals surface area contributed by atoms with Crippen molar-refractivity contribution in [3.8, 4) is 6.07 Å². The van der Waals surface area contributed by atoms with Crippen molar-refractivity contribution in [2.75, 3.05) is 10.7 Å². The Kier molecular flexibility index (Phi) is 3.99. The van der Waals surface area contributed by atoms with Crippen LogP contribution in [0.3, 0.4) is 0 Å². The van der Waals surface area contributed by atoms with Crippen LogP contribution in [0.4, 0.5) is 11.4 Å². The second-order valence-corrected chi connectivity index (χ2v) is 4.29. The van der Waals surface area contributed by atoms with Gasteiger partial charge in [-0.3, -0.25) is 10.6 Å². The fourth-order valence-corrected chi connectivity index (χ4v) is 1.85. The second-order valence-electron chi connectivity index (χ2n) is 4.29. The number of nitrogens with two attached hydrogens (primary N) is 1. The quantitative estimate of drug-likeness (QED) is 0.587. The van der Waals surface area contributed by atoms with E-state index in [1.165, 1.54) is 0 Å². The number of carbonyl (C=O) groups is 1. The lowest BCUT2D eigenvalue weighted by atomic mass is 10.1. The van der Waals surface area contributed by atoms with Gasteiger partial charge in [0.2, 0.25) is 0 Å². The van der Waals surface area contributed by atoms with Crippen LogP contribution in [-0.4, -0.2) is 5.91 Å². The number of nitrogens with zero attached hydrogens (tertiary/aromatic N) is 1. The summed E-state index contributed by atoms with van der Waals surface area (Å²) in [6.07, 6.45) is 0. The van der Waals surface area contributed by atoms with Crippen molar-refractivity contribution in [3.05, 3.63) is 59.2 Å². The van der Waals surface area contributed by atoms with Crippen molar-refractivity contribution in [2.24, 2.45) is 5.84 Å². The van der Waals surface area contributed by atoms with Gasteiger partial charge in [0.1, 0.15) is 6.07 Å². The first kappa shape index (κ1) is 13.6. The number of rotatable bonds is 3. The lowest BCUT2D eigenvalue weighted by molar-refractivity contribution is 0.102. The summed E-state index contributed by atoms with van der Waals surface area (Å²) >= 11 is 0. The summed E-state index contributed by atoms with van der Waals surface area (Å²) < 4.78 is 0. The van der Waals surface area contributed by atoms with Crippen molar-refractivity contribution in [1.82, 2.24) is 0 Å². The first-order valence-electron chi connectivity index (χ1n) is 6.03. The van der Waals surface area contributed by atoms with Gasteiger partial charge in [-0.25, -0.2) is 0 Å². The first-order valence-corrected chi connectivity index (χ1v) is 6.03. The average molecular weight is 266 g/mol. The molecule has 0 fully saturated rings. The number of hydrazine groups is 1. The molecule has 0 radical (unpaired) electrons. The van der Waals surface area contributed by atoms with Gasteiger partial charge in [0, 0.05) is 5.56 Å². The minimum absolute atomic E-state index is 0.264. The molecule has 0 aliphatic carbocycles. The van der Waals surface area contributed by atoms with Gasteiger partial charge in [-0.05, 0) is 42.8 Å². The molecule has 0 heterocycles. The molecule has 2 rings (SSSR count). The van der Waals surface area contributed by atoms with Crippen LogP contribution < -0.4 is 16.6 Å². The highest BCUT2D eigenvalue weighted by molar-refractivity contribution is 6.05. The van der Waals surface area contributed by atoms with Crippen molar-refractivity contribution in [1.29, 1.82) is 5.26 Å². The number of para-hydroxylation sites is 1. The molecule has 2 aromatic carbocycles. The molecule has 0 atom stereocenters. The molecular weight excluding hydrogens is 252 g/mol.